The molecule has 1 aliphatic heterocycles. The number of carbonyl (C=O) groups is 3. The number of likely N-dealkylation sites (tertiary alicyclic amines) is 1. The summed E-state index contributed by atoms with van der Waals surface area (Å²) in [7, 11) is 0. The fourth-order valence-corrected chi connectivity index (χ4v) is 3.21. The van der Waals surface area contributed by atoms with Gasteiger partial charge in [0.25, 0.3) is 5.91 Å². The molecule has 1 unspecified atom stereocenters. The predicted molar refractivity (Wildman–Crippen MR) is 94.1 cm³/mol. The number of amides is 2. The Bertz CT molecular complexity index is 660. The maximum absolute atomic E-state index is 13.0. The molecular formula is C19H25FN2O4. The average molecular weight is 364 g/mol. The fraction of sp³-hybridized carbons (Fsp3) is 0.526. The third-order valence-electron chi connectivity index (χ3n) is 4.62. The van der Waals surface area contributed by atoms with Gasteiger partial charge in [-0.15, -0.1) is 0 Å². The first-order chi connectivity index (χ1) is 12.3. The van der Waals surface area contributed by atoms with Crippen LogP contribution in [-0.2, 0) is 9.59 Å². The number of halogens is 1. The van der Waals surface area contributed by atoms with E-state index in [2.05, 4.69) is 0 Å². The monoisotopic (exact) mass is 364 g/mol. The Labute approximate surface area is 152 Å². The summed E-state index contributed by atoms with van der Waals surface area (Å²) in [6, 6.07) is 5.26. The SMILES string of the molecule is CC(C)N(CCC(=O)O)C(=O)C1CCCN(C(=O)c2ccc(F)cc2)C1. The van der Waals surface area contributed by atoms with Crippen molar-refractivity contribution in [1.29, 1.82) is 0 Å². The fourth-order valence-electron chi connectivity index (χ4n) is 3.21. The van der Waals surface area contributed by atoms with Gasteiger partial charge in [-0.2, -0.15) is 0 Å². The molecule has 0 saturated carbocycles. The average Bonchev–Trinajstić information content (AvgIpc) is 2.61. The van der Waals surface area contributed by atoms with Gasteiger partial charge in [-0.1, -0.05) is 0 Å². The Morgan fingerprint density at radius 2 is 1.92 bits per heavy atom. The van der Waals surface area contributed by atoms with Gasteiger partial charge in [0.15, 0.2) is 0 Å². The minimum absolute atomic E-state index is 0.102. The molecule has 7 heteroatoms. The first-order valence-corrected chi connectivity index (χ1v) is 8.86. The highest BCUT2D eigenvalue weighted by Crippen LogP contribution is 2.22. The highest BCUT2D eigenvalue weighted by atomic mass is 19.1. The third-order valence-corrected chi connectivity index (χ3v) is 4.62. The molecule has 1 aliphatic rings. The van der Waals surface area contributed by atoms with Gasteiger partial charge in [0.05, 0.1) is 12.3 Å². The second-order valence-corrected chi connectivity index (χ2v) is 6.87. The van der Waals surface area contributed by atoms with Crippen LogP contribution in [0.25, 0.3) is 0 Å². The summed E-state index contributed by atoms with van der Waals surface area (Å²) in [5, 5.41) is 8.88. The van der Waals surface area contributed by atoms with Crippen molar-refractivity contribution in [3.8, 4) is 0 Å². The van der Waals surface area contributed by atoms with Gasteiger partial charge in [0, 0.05) is 31.2 Å². The zero-order valence-corrected chi connectivity index (χ0v) is 15.2. The zero-order valence-electron chi connectivity index (χ0n) is 15.2. The first kappa shape index (κ1) is 19.9. The number of aliphatic carboxylic acids is 1. The van der Waals surface area contributed by atoms with Crippen LogP contribution in [-0.4, -0.2) is 58.4 Å². The van der Waals surface area contributed by atoms with E-state index in [1.165, 1.54) is 24.3 Å². The Morgan fingerprint density at radius 3 is 2.50 bits per heavy atom. The maximum atomic E-state index is 13.0. The van der Waals surface area contributed by atoms with Crippen LogP contribution in [0, 0.1) is 11.7 Å². The van der Waals surface area contributed by atoms with Crippen molar-refractivity contribution in [2.75, 3.05) is 19.6 Å². The molecule has 26 heavy (non-hydrogen) atoms. The van der Waals surface area contributed by atoms with Crippen molar-refractivity contribution in [3.63, 3.8) is 0 Å². The van der Waals surface area contributed by atoms with Crippen molar-refractivity contribution >= 4 is 17.8 Å². The molecule has 1 aromatic rings. The van der Waals surface area contributed by atoms with Crippen LogP contribution in [0.3, 0.4) is 0 Å². The van der Waals surface area contributed by atoms with Crippen molar-refractivity contribution in [1.82, 2.24) is 9.80 Å². The quantitative estimate of drug-likeness (QED) is 0.841. The molecule has 0 radical (unpaired) electrons. The summed E-state index contributed by atoms with van der Waals surface area (Å²) < 4.78 is 13.0. The molecule has 1 aromatic carbocycles. The molecule has 1 heterocycles. The lowest BCUT2D eigenvalue weighted by molar-refractivity contribution is -0.141. The molecule has 1 N–H and O–H groups in total. The third kappa shape index (κ3) is 5.03. The largest absolute Gasteiger partial charge is 0.481 e. The number of rotatable bonds is 6. The molecule has 1 saturated heterocycles. The van der Waals surface area contributed by atoms with Gasteiger partial charge in [-0.3, -0.25) is 14.4 Å². The highest BCUT2D eigenvalue weighted by molar-refractivity contribution is 5.94. The van der Waals surface area contributed by atoms with Gasteiger partial charge in [0.2, 0.25) is 5.91 Å². The lowest BCUT2D eigenvalue weighted by atomic mass is 9.95. The number of carboxylic acid groups (broad SMARTS) is 1. The van der Waals surface area contributed by atoms with Crippen molar-refractivity contribution in [3.05, 3.63) is 35.6 Å². The van der Waals surface area contributed by atoms with E-state index in [1.54, 1.807) is 9.80 Å². The number of carboxylic acids is 1. The lowest BCUT2D eigenvalue weighted by Crippen LogP contribution is -2.49. The van der Waals surface area contributed by atoms with Gasteiger partial charge < -0.3 is 14.9 Å². The molecule has 1 atom stereocenters. The van der Waals surface area contributed by atoms with Gasteiger partial charge in [-0.05, 0) is 51.0 Å². The number of piperidine rings is 1. The molecular weight excluding hydrogens is 339 g/mol. The van der Waals surface area contributed by atoms with E-state index in [9.17, 15) is 18.8 Å². The Morgan fingerprint density at radius 1 is 1.27 bits per heavy atom. The first-order valence-electron chi connectivity index (χ1n) is 8.86. The molecule has 0 spiro atoms. The van der Waals surface area contributed by atoms with E-state index in [0.717, 1.165) is 0 Å². The van der Waals surface area contributed by atoms with Crippen LogP contribution in [0.4, 0.5) is 4.39 Å². The zero-order chi connectivity index (χ0) is 19.3. The number of benzene rings is 1. The maximum Gasteiger partial charge on any atom is 0.305 e. The van der Waals surface area contributed by atoms with Crippen LogP contribution in [0.15, 0.2) is 24.3 Å². The van der Waals surface area contributed by atoms with Crippen molar-refractivity contribution in [2.24, 2.45) is 5.92 Å². The highest BCUT2D eigenvalue weighted by Gasteiger charge is 2.32. The van der Waals surface area contributed by atoms with Crippen LogP contribution >= 0.6 is 0 Å². The number of hydrogen-bond acceptors (Lipinski definition) is 3. The minimum Gasteiger partial charge on any atom is -0.481 e. The van der Waals surface area contributed by atoms with E-state index in [1.807, 2.05) is 13.8 Å². The summed E-state index contributed by atoms with van der Waals surface area (Å²) in [5.74, 6) is -2.02. The van der Waals surface area contributed by atoms with Crippen LogP contribution in [0.5, 0.6) is 0 Å². The predicted octanol–water partition coefficient (Wildman–Crippen LogP) is 2.39. The molecule has 0 bridgehead atoms. The van der Waals surface area contributed by atoms with Crippen LogP contribution in [0.1, 0.15) is 43.5 Å². The number of hydrogen-bond donors (Lipinski definition) is 1. The van der Waals surface area contributed by atoms with Crippen molar-refractivity contribution in [2.45, 2.75) is 39.2 Å². The second kappa shape index (κ2) is 8.78. The molecule has 1 fully saturated rings. The lowest BCUT2D eigenvalue weighted by Gasteiger charge is -2.36. The van der Waals surface area contributed by atoms with Gasteiger partial charge in [0.1, 0.15) is 5.82 Å². The summed E-state index contributed by atoms with van der Waals surface area (Å²) in [5.41, 5.74) is 0.395. The van der Waals surface area contributed by atoms with Gasteiger partial charge in [-0.25, -0.2) is 4.39 Å². The Balaban J connectivity index is 2.05. The normalized spacial score (nSPS) is 17.2. The molecule has 142 valence electrons. The molecule has 2 amide bonds. The van der Waals surface area contributed by atoms with E-state index >= 15 is 0 Å². The minimum atomic E-state index is -0.944. The second-order valence-electron chi connectivity index (χ2n) is 6.87. The summed E-state index contributed by atoms with van der Waals surface area (Å²) >= 11 is 0. The van der Waals surface area contributed by atoms with E-state index in [0.29, 0.717) is 31.5 Å². The number of nitrogens with zero attached hydrogens (tertiary/aromatic N) is 2. The molecule has 2 rings (SSSR count). The molecule has 0 aromatic heterocycles. The smallest absolute Gasteiger partial charge is 0.305 e. The Kier molecular flexibility index (Phi) is 6.71. The van der Waals surface area contributed by atoms with Crippen molar-refractivity contribution < 1.29 is 23.9 Å². The standard InChI is InChI=1S/C19H25FN2O4/c1-13(2)22(11-9-17(23)24)19(26)15-4-3-10-21(12-15)18(25)14-5-7-16(20)8-6-14/h5-8,13,15H,3-4,9-12H2,1-2H3,(H,23,24). The van der Waals surface area contributed by atoms with E-state index < -0.39 is 11.8 Å². The van der Waals surface area contributed by atoms with Crippen LogP contribution in [0.2, 0.25) is 0 Å². The number of carbonyl (C=O) groups excluding carboxylic acids is 2. The molecule has 6 nitrogen and oxygen atoms in total. The van der Waals surface area contributed by atoms with E-state index in [4.69, 9.17) is 5.11 Å². The van der Waals surface area contributed by atoms with E-state index in [-0.39, 0.29) is 36.7 Å². The molecule has 0 aliphatic carbocycles. The van der Waals surface area contributed by atoms with Crippen LogP contribution < -0.4 is 0 Å². The topological polar surface area (TPSA) is 77.9 Å². The van der Waals surface area contributed by atoms with Gasteiger partial charge >= 0.3 is 5.97 Å². The summed E-state index contributed by atoms with van der Waals surface area (Å²) in [6.45, 7) is 4.71. The summed E-state index contributed by atoms with van der Waals surface area (Å²) in [6.07, 6.45) is 1.27. The summed E-state index contributed by atoms with van der Waals surface area (Å²) in [4.78, 5) is 39.5. The Hall–Kier alpha value is -2.44.